The molecule has 1 atom stereocenters. The number of benzene rings is 4. The van der Waals surface area contributed by atoms with Crippen molar-refractivity contribution in [2.45, 2.75) is 82.3 Å². The van der Waals surface area contributed by atoms with Crippen molar-refractivity contribution in [3.8, 4) is 0 Å². The summed E-state index contributed by atoms with van der Waals surface area (Å²) < 4.78 is 29.5. The molecule has 1 fully saturated rings. The van der Waals surface area contributed by atoms with Crippen molar-refractivity contribution < 1.29 is 18.0 Å². The maximum absolute atomic E-state index is 14.7. The Balaban J connectivity index is 1.55. The quantitative estimate of drug-likeness (QED) is 0.172. The fraction of sp³-hybridized carbons (Fsp3) is 0.333. The second kappa shape index (κ2) is 15.9. The van der Waals surface area contributed by atoms with Gasteiger partial charge in [-0.15, -0.1) is 0 Å². The fourth-order valence-electron chi connectivity index (χ4n) is 6.13. The van der Waals surface area contributed by atoms with Gasteiger partial charge in [-0.1, -0.05) is 117 Å². The second-order valence-electron chi connectivity index (χ2n) is 12.4. The molecule has 1 aliphatic rings. The zero-order valence-electron chi connectivity index (χ0n) is 27.3. The largest absolute Gasteiger partial charge is 0.352 e. The maximum atomic E-state index is 14.7. The van der Waals surface area contributed by atoms with Gasteiger partial charge in [0.2, 0.25) is 11.8 Å². The smallest absolute Gasteiger partial charge is 0.264 e. The van der Waals surface area contributed by atoms with Gasteiger partial charge in [0.1, 0.15) is 12.6 Å². The van der Waals surface area contributed by atoms with Crippen molar-refractivity contribution in [3.05, 3.63) is 131 Å². The van der Waals surface area contributed by atoms with Crippen molar-refractivity contribution in [1.29, 1.82) is 0 Å². The number of nitrogens with one attached hydrogen (secondary N) is 1. The molecule has 0 aromatic heterocycles. The van der Waals surface area contributed by atoms with Crippen LogP contribution in [0.25, 0.3) is 0 Å². The maximum Gasteiger partial charge on any atom is 0.264 e. The molecule has 8 heteroatoms. The lowest BCUT2D eigenvalue weighted by molar-refractivity contribution is -0.140. The molecule has 246 valence electrons. The van der Waals surface area contributed by atoms with Crippen molar-refractivity contribution in [3.63, 3.8) is 0 Å². The van der Waals surface area contributed by atoms with Crippen LogP contribution in [0.15, 0.2) is 114 Å². The van der Waals surface area contributed by atoms with Gasteiger partial charge in [-0.2, -0.15) is 0 Å². The van der Waals surface area contributed by atoms with Crippen LogP contribution >= 0.6 is 0 Å². The highest BCUT2D eigenvalue weighted by atomic mass is 32.2. The molecule has 2 amide bonds. The first kappa shape index (κ1) is 33.9. The third kappa shape index (κ3) is 8.89. The fourth-order valence-corrected chi connectivity index (χ4v) is 7.57. The minimum atomic E-state index is -4.12. The minimum Gasteiger partial charge on any atom is -0.352 e. The Kier molecular flexibility index (Phi) is 11.5. The molecule has 7 nitrogen and oxygen atoms in total. The predicted octanol–water partition coefficient (Wildman–Crippen LogP) is 6.84. The Morgan fingerprint density at radius 2 is 1.36 bits per heavy atom. The number of nitrogens with zero attached hydrogens (tertiary/aromatic N) is 2. The van der Waals surface area contributed by atoms with Crippen LogP contribution in [0.3, 0.4) is 0 Å². The SMILES string of the molecule is CCc1ccc(N(CC(=O)N(Cc2ccc(C)cc2)C(Cc2ccccc2)C(=O)NC2CCCCC2)S(=O)(=O)c2ccccc2)cc1. The van der Waals surface area contributed by atoms with E-state index in [1.54, 1.807) is 35.2 Å². The first-order valence-corrected chi connectivity index (χ1v) is 18.0. The number of hydrogen-bond acceptors (Lipinski definition) is 4. The summed E-state index contributed by atoms with van der Waals surface area (Å²) in [7, 11) is -4.12. The first-order valence-electron chi connectivity index (χ1n) is 16.6. The predicted molar refractivity (Wildman–Crippen MR) is 187 cm³/mol. The summed E-state index contributed by atoms with van der Waals surface area (Å²) >= 11 is 0. The highest BCUT2D eigenvalue weighted by Gasteiger charge is 2.35. The highest BCUT2D eigenvalue weighted by Crippen LogP contribution is 2.26. The molecular weight excluding hydrogens is 607 g/mol. The number of amides is 2. The Morgan fingerprint density at radius 1 is 0.766 bits per heavy atom. The lowest BCUT2D eigenvalue weighted by Gasteiger charge is -2.35. The lowest BCUT2D eigenvalue weighted by Crippen LogP contribution is -2.55. The van der Waals surface area contributed by atoms with Gasteiger partial charge in [0.25, 0.3) is 10.0 Å². The van der Waals surface area contributed by atoms with E-state index in [2.05, 4.69) is 5.32 Å². The Bertz CT molecular complexity index is 1700. The van der Waals surface area contributed by atoms with E-state index >= 15 is 0 Å². The third-order valence-electron chi connectivity index (χ3n) is 8.94. The summed E-state index contributed by atoms with van der Waals surface area (Å²) in [5.41, 5.74) is 4.30. The van der Waals surface area contributed by atoms with E-state index in [0.29, 0.717) is 12.1 Å². The van der Waals surface area contributed by atoms with E-state index in [0.717, 1.165) is 60.8 Å². The molecule has 4 aromatic carbocycles. The van der Waals surface area contributed by atoms with Crippen LogP contribution < -0.4 is 9.62 Å². The zero-order valence-corrected chi connectivity index (χ0v) is 28.2. The molecule has 1 N–H and O–H groups in total. The van der Waals surface area contributed by atoms with Gasteiger partial charge in [-0.05, 0) is 67.1 Å². The lowest BCUT2D eigenvalue weighted by atomic mass is 9.94. The molecule has 4 aromatic rings. The molecule has 0 heterocycles. The van der Waals surface area contributed by atoms with Gasteiger partial charge in [-0.25, -0.2) is 8.42 Å². The van der Waals surface area contributed by atoms with Gasteiger partial charge in [0.05, 0.1) is 10.6 Å². The summed E-state index contributed by atoms with van der Waals surface area (Å²) in [4.78, 5) is 30.5. The van der Waals surface area contributed by atoms with Crippen LogP contribution in [0.5, 0.6) is 0 Å². The van der Waals surface area contributed by atoms with E-state index in [4.69, 9.17) is 0 Å². The van der Waals surface area contributed by atoms with Gasteiger partial charge in [-0.3, -0.25) is 13.9 Å². The molecule has 0 saturated heterocycles. The van der Waals surface area contributed by atoms with Gasteiger partial charge < -0.3 is 10.2 Å². The molecule has 1 aliphatic carbocycles. The zero-order chi connectivity index (χ0) is 33.2. The molecule has 0 aliphatic heterocycles. The summed E-state index contributed by atoms with van der Waals surface area (Å²) in [6, 6.07) is 32.2. The number of anilines is 1. The standard InChI is InChI=1S/C39H45N3O4S/c1-3-31-23-25-35(26-24-31)42(47(45,46)36-17-11-6-12-18-36)29-38(43)41(28-33-21-19-30(2)20-22-33)37(27-32-13-7-4-8-14-32)39(44)40-34-15-9-5-10-16-34/h4,6-8,11-14,17-26,34,37H,3,5,9-10,15-16,27-29H2,1-2H3,(H,40,44). The average molecular weight is 652 g/mol. The molecule has 0 bridgehead atoms. The molecule has 1 saturated carbocycles. The van der Waals surface area contributed by atoms with Gasteiger partial charge in [0, 0.05) is 19.0 Å². The molecule has 5 rings (SSSR count). The highest BCUT2D eigenvalue weighted by molar-refractivity contribution is 7.92. The number of carbonyl (C=O) groups is 2. The third-order valence-corrected chi connectivity index (χ3v) is 10.7. The number of hydrogen-bond donors (Lipinski definition) is 1. The van der Waals surface area contributed by atoms with Crippen molar-refractivity contribution in [2.24, 2.45) is 0 Å². The first-order chi connectivity index (χ1) is 22.7. The normalized spacial score (nSPS) is 14.3. The van der Waals surface area contributed by atoms with Crippen molar-refractivity contribution >= 4 is 27.5 Å². The number of aryl methyl sites for hydroxylation is 2. The van der Waals surface area contributed by atoms with Gasteiger partial charge >= 0.3 is 0 Å². The van der Waals surface area contributed by atoms with E-state index in [9.17, 15) is 18.0 Å². The van der Waals surface area contributed by atoms with Crippen LogP contribution in [0, 0.1) is 6.92 Å². The molecule has 0 radical (unpaired) electrons. The van der Waals surface area contributed by atoms with Crippen LogP contribution in [0.2, 0.25) is 0 Å². The van der Waals surface area contributed by atoms with Crippen LogP contribution in [0.4, 0.5) is 5.69 Å². The second-order valence-corrected chi connectivity index (χ2v) is 14.3. The topological polar surface area (TPSA) is 86.8 Å². The summed E-state index contributed by atoms with van der Waals surface area (Å²) in [5, 5.41) is 3.26. The summed E-state index contributed by atoms with van der Waals surface area (Å²) in [5.74, 6) is -0.671. The summed E-state index contributed by atoms with van der Waals surface area (Å²) in [6.45, 7) is 3.73. The van der Waals surface area contributed by atoms with E-state index < -0.39 is 28.5 Å². The monoisotopic (exact) mass is 651 g/mol. The van der Waals surface area contributed by atoms with E-state index in [-0.39, 0.29) is 23.4 Å². The van der Waals surface area contributed by atoms with Crippen LogP contribution in [-0.2, 0) is 39.0 Å². The number of carbonyl (C=O) groups excluding carboxylic acids is 2. The van der Waals surface area contributed by atoms with Crippen molar-refractivity contribution in [1.82, 2.24) is 10.2 Å². The number of rotatable bonds is 13. The van der Waals surface area contributed by atoms with Crippen LogP contribution in [0.1, 0.15) is 61.3 Å². The average Bonchev–Trinajstić information content (AvgIpc) is 3.10. The Morgan fingerprint density at radius 3 is 1.98 bits per heavy atom. The van der Waals surface area contributed by atoms with Crippen molar-refractivity contribution in [2.75, 3.05) is 10.8 Å². The minimum absolute atomic E-state index is 0.0536. The van der Waals surface area contributed by atoms with Crippen LogP contribution in [-0.4, -0.2) is 43.8 Å². The molecule has 0 spiro atoms. The van der Waals surface area contributed by atoms with E-state index in [1.165, 1.54) is 16.4 Å². The molecule has 47 heavy (non-hydrogen) atoms. The Labute approximate surface area is 279 Å². The molecule has 1 unspecified atom stereocenters. The number of sulfonamides is 1. The Hall–Kier alpha value is -4.43. The van der Waals surface area contributed by atoms with E-state index in [1.807, 2.05) is 80.6 Å². The van der Waals surface area contributed by atoms with Gasteiger partial charge in [0.15, 0.2) is 0 Å². The molecular formula is C39H45N3O4S. The summed E-state index contributed by atoms with van der Waals surface area (Å²) in [6.07, 6.45) is 6.19.